The van der Waals surface area contributed by atoms with Crippen molar-refractivity contribution in [3.05, 3.63) is 107 Å². The Morgan fingerprint density at radius 2 is 1.75 bits per heavy atom. The molecule has 1 amide bonds. The van der Waals surface area contributed by atoms with Crippen LogP contribution >= 0.6 is 0 Å². The van der Waals surface area contributed by atoms with Gasteiger partial charge in [0.2, 0.25) is 5.91 Å². The standard InChI is InChI=1S/C24H23FN2O/c1-18(27-24(28)15-14-20-10-5-6-13-23(20)25)21-11-7-12-22(16-21)26-17-19-8-3-2-4-9-19/h2-16,18,26H,17H2,1H3,(H,27,28)/b15-14-. The zero-order chi connectivity index (χ0) is 19.8. The summed E-state index contributed by atoms with van der Waals surface area (Å²) < 4.78 is 13.6. The molecule has 3 rings (SSSR count). The largest absolute Gasteiger partial charge is 0.381 e. The van der Waals surface area contributed by atoms with Gasteiger partial charge < -0.3 is 10.6 Å². The van der Waals surface area contributed by atoms with E-state index in [1.165, 1.54) is 23.8 Å². The van der Waals surface area contributed by atoms with Gasteiger partial charge in [-0.1, -0.05) is 60.7 Å². The lowest BCUT2D eigenvalue weighted by Gasteiger charge is -2.15. The van der Waals surface area contributed by atoms with E-state index in [4.69, 9.17) is 0 Å². The van der Waals surface area contributed by atoms with Crippen molar-refractivity contribution in [3.63, 3.8) is 0 Å². The summed E-state index contributed by atoms with van der Waals surface area (Å²) >= 11 is 0. The zero-order valence-corrected chi connectivity index (χ0v) is 15.7. The molecule has 0 saturated heterocycles. The van der Waals surface area contributed by atoms with Crippen molar-refractivity contribution in [2.45, 2.75) is 19.5 Å². The van der Waals surface area contributed by atoms with Crippen LogP contribution in [0.2, 0.25) is 0 Å². The quantitative estimate of drug-likeness (QED) is 0.549. The molecule has 0 bridgehead atoms. The van der Waals surface area contributed by atoms with Gasteiger partial charge in [0.15, 0.2) is 0 Å². The van der Waals surface area contributed by atoms with Gasteiger partial charge in [0, 0.05) is 23.9 Å². The maximum atomic E-state index is 13.6. The van der Waals surface area contributed by atoms with E-state index in [2.05, 4.69) is 22.8 Å². The molecule has 2 N–H and O–H groups in total. The Morgan fingerprint density at radius 3 is 2.54 bits per heavy atom. The van der Waals surface area contributed by atoms with Crippen molar-refractivity contribution in [3.8, 4) is 0 Å². The third kappa shape index (κ3) is 5.55. The highest BCUT2D eigenvalue weighted by molar-refractivity contribution is 5.92. The summed E-state index contributed by atoms with van der Waals surface area (Å²) in [6.45, 7) is 2.65. The van der Waals surface area contributed by atoms with Crippen LogP contribution in [0.15, 0.2) is 84.9 Å². The number of hydrogen-bond donors (Lipinski definition) is 2. The van der Waals surface area contributed by atoms with Gasteiger partial charge in [-0.05, 0) is 42.3 Å². The van der Waals surface area contributed by atoms with Gasteiger partial charge in [-0.15, -0.1) is 0 Å². The molecule has 1 atom stereocenters. The normalized spacial score (nSPS) is 11.9. The van der Waals surface area contributed by atoms with Gasteiger partial charge in [0.05, 0.1) is 6.04 Å². The lowest BCUT2D eigenvalue weighted by atomic mass is 10.1. The lowest BCUT2D eigenvalue weighted by Crippen LogP contribution is -2.24. The molecular weight excluding hydrogens is 351 g/mol. The number of hydrogen-bond acceptors (Lipinski definition) is 2. The van der Waals surface area contributed by atoms with Gasteiger partial charge >= 0.3 is 0 Å². The number of nitrogens with one attached hydrogen (secondary N) is 2. The molecule has 1 unspecified atom stereocenters. The summed E-state index contributed by atoms with van der Waals surface area (Å²) in [7, 11) is 0. The van der Waals surface area contributed by atoms with E-state index in [9.17, 15) is 9.18 Å². The Kier molecular flexibility index (Phi) is 6.58. The zero-order valence-electron chi connectivity index (χ0n) is 15.7. The van der Waals surface area contributed by atoms with E-state index in [1.54, 1.807) is 18.2 Å². The van der Waals surface area contributed by atoms with E-state index in [0.717, 1.165) is 17.8 Å². The summed E-state index contributed by atoms with van der Waals surface area (Å²) in [6, 6.07) is 24.3. The highest BCUT2D eigenvalue weighted by Crippen LogP contribution is 2.18. The van der Waals surface area contributed by atoms with Crippen LogP contribution in [0.5, 0.6) is 0 Å². The van der Waals surface area contributed by atoms with Crippen LogP contribution in [0.1, 0.15) is 29.7 Å². The summed E-state index contributed by atoms with van der Waals surface area (Å²) in [5.74, 6) is -0.616. The summed E-state index contributed by atoms with van der Waals surface area (Å²) in [5.41, 5.74) is 3.57. The van der Waals surface area contributed by atoms with Crippen molar-refractivity contribution in [2.75, 3.05) is 5.32 Å². The molecular formula is C24H23FN2O. The molecule has 0 spiro atoms. The van der Waals surface area contributed by atoms with Crippen LogP contribution < -0.4 is 10.6 Å². The second-order valence-electron chi connectivity index (χ2n) is 6.55. The van der Waals surface area contributed by atoms with Gasteiger partial charge in [-0.3, -0.25) is 4.79 Å². The number of carbonyl (C=O) groups is 1. The molecule has 3 nitrogen and oxygen atoms in total. The number of amides is 1. The van der Waals surface area contributed by atoms with Gasteiger partial charge in [-0.2, -0.15) is 0 Å². The lowest BCUT2D eigenvalue weighted by molar-refractivity contribution is -0.117. The van der Waals surface area contributed by atoms with E-state index in [1.807, 2.05) is 49.4 Å². The fourth-order valence-electron chi connectivity index (χ4n) is 2.84. The van der Waals surface area contributed by atoms with E-state index >= 15 is 0 Å². The number of rotatable bonds is 7. The SMILES string of the molecule is CC(NC(=O)/C=C\c1ccccc1F)c1cccc(NCc2ccccc2)c1. The maximum Gasteiger partial charge on any atom is 0.244 e. The second-order valence-corrected chi connectivity index (χ2v) is 6.55. The van der Waals surface area contributed by atoms with Crippen LogP contribution in [0, 0.1) is 5.82 Å². The molecule has 28 heavy (non-hydrogen) atoms. The van der Waals surface area contributed by atoms with Crippen LogP contribution in [0.3, 0.4) is 0 Å². The summed E-state index contributed by atoms with van der Waals surface area (Å²) in [4.78, 5) is 12.2. The predicted molar refractivity (Wildman–Crippen MR) is 112 cm³/mol. The second kappa shape index (κ2) is 9.51. The number of benzene rings is 3. The highest BCUT2D eigenvalue weighted by Gasteiger charge is 2.08. The molecule has 3 aromatic carbocycles. The minimum absolute atomic E-state index is 0.170. The molecule has 0 aliphatic heterocycles. The Morgan fingerprint density at radius 1 is 1.00 bits per heavy atom. The first-order chi connectivity index (χ1) is 13.6. The van der Waals surface area contributed by atoms with Gasteiger partial charge in [0.1, 0.15) is 5.82 Å². The minimum atomic E-state index is -0.350. The number of carbonyl (C=O) groups excluding carboxylic acids is 1. The Bertz CT molecular complexity index is 954. The fraction of sp³-hybridized carbons (Fsp3) is 0.125. The molecule has 0 aliphatic carbocycles. The van der Waals surface area contributed by atoms with E-state index in [0.29, 0.717) is 5.56 Å². The maximum absolute atomic E-state index is 13.6. The molecule has 0 heterocycles. The predicted octanol–water partition coefficient (Wildman–Crippen LogP) is 5.33. The van der Waals surface area contributed by atoms with Gasteiger partial charge in [0.25, 0.3) is 0 Å². The minimum Gasteiger partial charge on any atom is -0.381 e. The average Bonchev–Trinajstić information content (AvgIpc) is 2.72. The van der Waals surface area contributed by atoms with Crippen LogP contribution in [-0.2, 0) is 11.3 Å². The third-order valence-electron chi connectivity index (χ3n) is 4.40. The first-order valence-electron chi connectivity index (χ1n) is 9.22. The first kappa shape index (κ1) is 19.4. The smallest absolute Gasteiger partial charge is 0.244 e. The van der Waals surface area contributed by atoms with Crippen LogP contribution in [0.25, 0.3) is 6.08 Å². The Labute approximate surface area is 164 Å². The fourth-order valence-corrected chi connectivity index (χ4v) is 2.84. The van der Waals surface area contributed by atoms with Crippen molar-refractivity contribution in [1.29, 1.82) is 0 Å². The van der Waals surface area contributed by atoms with Crippen molar-refractivity contribution < 1.29 is 9.18 Å². The Hall–Kier alpha value is -3.40. The molecule has 0 radical (unpaired) electrons. The van der Waals surface area contributed by atoms with Crippen LogP contribution in [-0.4, -0.2) is 5.91 Å². The van der Waals surface area contributed by atoms with Crippen LogP contribution in [0.4, 0.5) is 10.1 Å². The molecule has 0 fully saturated rings. The number of anilines is 1. The molecule has 0 aliphatic rings. The molecule has 4 heteroatoms. The number of halogens is 1. The van der Waals surface area contributed by atoms with Crippen molar-refractivity contribution in [2.24, 2.45) is 0 Å². The van der Waals surface area contributed by atoms with Crippen molar-refractivity contribution in [1.82, 2.24) is 5.32 Å². The van der Waals surface area contributed by atoms with Gasteiger partial charge in [-0.25, -0.2) is 4.39 Å². The highest BCUT2D eigenvalue weighted by atomic mass is 19.1. The molecule has 142 valence electrons. The topological polar surface area (TPSA) is 41.1 Å². The first-order valence-corrected chi connectivity index (χ1v) is 9.22. The summed E-state index contributed by atoms with van der Waals surface area (Å²) in [6.07, 6.45) is 2.83. The van der Waals surface area contributed by atoms with E-state index < -0.39 is 0 Å². The summed E-state index contributed by atoms with van der Waals surface area (Å²) in [5, 5.41) is 6.30. The average molecular weight is 374 g/mol. The monoisotopic (exact) mass is 374 g/mol. The Balaban J connectivity index is 1.58. The molecule has 3 aromatic rings. The van der Waals surface area contributed by atoms with E-state index in [-0.39, 0.29) is 17.8 Å². The molecule has 0 saturated carbocycles. The van der Waals surface area contributed by atoms with Crippen molar-refractivity contribution >= 4 is 17.7 Å². The molecule has 0 aromatic heterocycles. The third-order valence-corrected chi connectivity index (χ3v) is 4.40.